The maximum absolute atomic E-state index is 12.0. The summed E-state index contributed by atoms with van der Waals surface area (Å²) < 4.78 is 0. The van der Waals surface area contributed by atoms with Crippen LogP contribution in [0, 0.1) is 0 Å². The van der Waals surface area contributed by atoms with Crippen molar-refractivity contribution in [1.29, 1.82) is 0 Å². The van der Waals surface area contributed by atoms with Crippen molar-refractivity contribution >= 4 is 11.6 Å². The predicted molar refractivity (Wildman–Crippen MR) is 80.9 cm³/mol. The van der Waals surface area contributed by atoms with Crippen LogP contribution in [0.4, 0.5) is 5.69 Å². The summed E-state index contributed by atoms with van der Waals surface area (Å²) in [5.41, 5.74) is 7.49. The molecule has 0 aromatic carbocycles. The van der Waals surface area contributed by atoms with Gasteiger partial charge in [0.05, 0.1) is 0 Å². The quantitative estimate of drug-likeness (QED) is 0.908. The number of amides is 1. The Morgan fingerprint density at radius 2 is 1.90 bits per heavy atom. The number of aromatic nitrogens is 1. The average molecular weight is 276 g/mol. The Morgan fingerprint density at radius 1 is 1.25 bits per heavy atom. The number of rotatable bonds is 3. The van der Waals surface area contributed by atoms with Crippen LogP contribution in [-0.2, 0) is 0 Å². The van der Waals surface area contributed by atoms with Crippen LogP contribution in [0.5, 0.6) is 0 Å². The Morgan fingerprint density at radius 3 is 2.50 bits per heavy atom. The number of hydrogen-bond acceptors (Lipinski definition) is 4. The molecule has 0 saturated heterocycles. The van der Waals surface area contributed by atoms with E-state index in [1.54, 1.807) is 25.2 Å². The molecule has 2 rings (SSSR count). The summed E-state index contributed by atoms with van der Waals surface area (Å²) in [6, 6.07) is 4.68. The van der Waals surface area contributed by atoms with Crippen molar-refractivity contribution in [3.63, 3.8) is 0 Å². The second kappa shape index (κ2) is 6.22. The molecule has 1 aromatic heterocycles. The largest absolute Gasteiger partial charge is 0.372 e. The van der Waals surface area contributed by atoms with Gasteiger partial charge in [0.2, 0.25) is 0 Å². The van der Waals surface area contributed by atoms with E-state index in [1.165, 1.54) is 0 Å². The van der Waals surface area contributed by atoms with Crippen LogP contribution in [0.2, 0.25) is 0 Å². The maximum atomic E-state index is 12.0. The van der Waals surface area contributed by atoms with Gasteiger partial charge in [0, 0.05) is 45.1 Å². The van der Waals surface area contributed by atoms with Crippen LogP contribution >= 0.6 is 0 Å². The molecule has 2 N–H and O–H groups in total. The third-order valence-electron chi connectivity index (χ3n) is 4.07. The highest BCUT2D eigenvalue weighted by Gasteiger charge is 2.22. The molecule has 5 heteroatoms. The Hall–Kier alpha value is -1.62. The molecule has 0 unspecified atom stereocenters. The summed E-state index contributed by atoms with van der Waals surface area (Å²) in [5, 5.41) is 0. The minimum Gasteiger partial charge on any atom is -0.372 e. The van der Waals surface area contributed by atoms with Crippen molar-refractivity contribution in [2.45, 2.75) is 37.8 Å². The number of hydrogen-bond donors (Lipinski definition) is 1. The topological polar surface area (TPSA) is 62.5 Å². The lowest BCUT2D eigenvalue weighted by molar-refractivity contribution is 0.0822. The third kappa shape index (κ3) is 3.28. The van der Waals surface area contributed by atoms with Gasteiger partial charge in [0.1, 0.15) is 5.69 Å². The first-order valence-corrected chi connectivity index (χ1v) is 7.15. The van der Waals surface area contributed by atoms with Gasteiger partial charge < -0.3 is 15.5 Å². The average Bonchev–Trinajstić information content (AvgIpc) is 2.46. The van der Waals surface area contributed by atoms with Crippen LogP contribution in [0.15, 0.2) is 18.3 Å². The summed E-state index contributed by atoms with van der Waals surface area (Å²) in [5.74, 6) is -0.0640. The molecule has 1 heterocycles. The fourth-order valence-electron chi connectivity index (χ4n) is 2.68. The summed E-state index contributed by atoms with van der Waals surface area (Å²) in [6.45, 7) is 0. The second-order valence-electron chi connectivity index (χ2n) is 5.78. The molecule has 1 aliphatic rings. The first-order valence-electron chi connectivity index (χ1n) is 7.15. The van der Waals surface area contributed by atoms with Gasteiger partial charge in [-0.1, -0.05) is 0 Å². The van der Waals surface area contributed by atoms with Gasteiger partial charge in [-0.2, -0.15) is 0 Å². The van der Waals surface area contributed by atoms with Crippen LogP contribution in [0.3, 0.4) is 0 Å². The van der Waals surface area contributed by atoms with Crippen molar-refractivity contribution in [3.8, 4) is 0 Å². The van der Waals surface area contributed by atoms with Crippen molar-refractivity contribution in [3.05, 3.63) is 24.0 Å². The van der Waals surface area contributed by atoms with Crippen molar-refractivity contribution in [2.24, 2.45) is 5.73 Å². The summed E-state index contributed by atoms with van der Waals surface area (Å²) >= 11 is 0. The number of nitrogens with zero attached hydrogens (tertiary/aromatic N) is 3. The number of nitrogens with two attached hydrogens (primary N) is 1. The molecule has 5 nitrogen and oxygen atoms in total. The number of anilines is 1. The molecule has 20 heavy (non-hydrogen) atoms. The minimum atomic E-state index is -0.0640. The van der Waals surface area contributed by atoms with Gasteiger partial charge in [0.15, 0.2) is 0 Å². The van der Waals surface area contributed by atoms with E-state index in [0.717, 1.165) is 31.4 Å². The monoisotopic (exact) mass is 276 g/mol. The standard InChI is InChI=1S/C15H24N4O/c1-18(2)15(20)14-10-13(8-9-17-14)19(3)12-6-4-11(16)5-7-12/h8-12H,4-7,16H2,1-3H3. The summed E-state index contributed by atoms with van der Waals surface area (Å²) in [4.78, 5) is 19.9. The van der Waals surface area contributed by atoms with Gasteiger partial charge in [-0.15, -0.1) is 0 Å². The highest BCUT2D eigenvalue weighted by molar-refractivity contribution is 5.92. The van der Waals surface area contributed by atoms with E-state index in [1.807, 2.05) is 12.1 Å². The lowest BCUT2D eigenvalue weighted by atomic mass is 9.91. The number of carbonyl (C=O) groups excluding carboxylic acids is 1. The Labute approximate surface area is 120 Å². The van der Waals surface area contributed by atoms with Crippen molar-refractivity contribution in [1.82, 2.24) is 9.88 Å². The first kappa shape index (κ1) is 14.8. The number of pyridine rings is 1. The van der Waals surface area contributed by atoms with Gasteiger partial charge in [0.25, 0.3) is 5.91 Å². The molecule has 0 atom stereocenters. The lowest BCUT2D eigenvalue weighted by Gasteiger charge is -2.35. The molecular weight excluding hydrogens is 252 g/mol. The Kier molecular flexibility index (Phi) is 4.60. The minimum absolute atomic E-state index is 0.0640. The fourth-order valence-corrected chi connectivity index (χ4v) is 2.68. The normalized spacial score (nSPS) is 22.4. The zero-order valence-electron chi connectivity index (χ0n) is 12.5. The molecule has 0 radical (unpaired) electrons. The third-order valence-corrected chi connectivity index (χ3v) is 4.07. The molecular formula is C15H24N4O. The molecule has 1 saturated carbocycles. The van der Waals surface area contributed by atoms with E-state index in [0.29, 0.717) is 17.8 Å². The van der Waals surface area contributed by atoms with E-state index >= 15 is 0 Å². The van der Waals surface area contributed by atoms with Crippen LogP contribution in [0.1, 0.15) is 36.2 Å². The zero-order chi connectivity index (χ0) is 14.7. The Bertz CT molecular complexity index is 467. The van der Waals surface area contributed by atoms with Crippen molar-refractivity contribution in [2.75, 3.05) is 26.0 Å². The second-order valence-corrected chi connectivity index (χ2v) is 5.78. The summed E-state index contributed by atoms with van der Waals surface area (Å²) in [6.07, 6.45) is 6.07. The van der Waals surface area contributed by atoms with Crippen LogP contribution < -0.4 is 10.6 Å². The van der Waals surface area contributed by atoms with Gasteiger partial charge in [-0.05, 0) is 37.8 Å². The van der Waals surface area contributed by atoms with E-state index < -0.39 is 0 Å². The zero-order valence-corrected chi connectivity index (χ0v) is 12.5. The molecule has 0 bridgehead atoms. The van der Waals surface area contributed by atoms with Crippen LogP contribution in [-0.4, -0.2) is 49.0 Å². The molecule has 1 aromatic rings. The van der Waals surface area contributed by atoms with E-state index in [2.05, 4.69) is 16.9 Å². The highest BCUT2D eigenvalue weighted by atomic mass is 16.2. The van der Waals surface area contributed by atoms with Crippen LogP contribution in [0.25, 0.3) is 0 Å². The van der Waals surface area contributed by atoms with Gasteiger partial charge in [-0.25, -0.2) is 0 Å². The van der Waals surface area contributed by atoms with Gasteiger partial charge in [-0.3, -0.25) is 9.78 Å². The van der Waals surface area contributed by atoms with Crippen molar-refractivity contribution < 1.29 is 4.79 Å². The van der Waals surface area contributed by atoms with E-state index in [-0.39, 0.29) is 5.91 Å². The fraction of sp³-hybridized carbons (Fsp3) is 0.600. The SMILES string of the molecule is CN(C)C(=O)c1cc(N(C)C2CCC(N)CC2)ccn1. The molecule has 0 aliphatic heterocycles. The van der Waals surface area contributed by atoms with E-state index in [4.69, 9.17) is 5.73 Å². The lowest BCUT2D eigenvalue weighted by Crippen LogP contribution is -2.38. The predicted octanol–water partition coefficient (Wildman–Crippen LogP) is 1.49. The number of carbonyl (C=O) groups is 1. The van der Waals surface area contributed by atoms with E-state index in [9.17, 15) is 4.79 Å². The smallest absolute Gasteiger partial charge is 0.272 e. The molecule has 1 fully saturated rings. The maximum Gasteiger partial charge on any atom is 0.272 e. The molecule has 110 valence electrons. The summed E-state index contributed by atoms with van der Waals surface area (Å²) in [7, 11) is 5.56. The molecule has 1 amide bonds. The Balaban J connectivity index is 2.12. The molecule has 0 spiro atoms. The molecule has 1 aliphatic carbocycles. The van der Waals surface area contributed by atoms with Gasteiger partial charge >= 0.3 is 0 Å². The highest BCUT2D eigenvalue weighted by Crippen LogP contribution is 2.25. The first-order chi connectivity index (χ1) is 9.49.